The van der Waals surface area contributed by atoms with Crippen LogP contribution in [-0.4, -0.2) is 67.4 Å². The zero-order chi connectivity index (χ0) is 17.2. The molecule has 0 aromatic carbocycles. The van der Waals surface area contributed by atoms with Gasteiger partial charge in [-0.3, -0.25) is 19.3 Å². The molecule has 1 rings (SSSR count). The zero-order valence-electron chi connectivity index (χ0n) is 13.5. The van der Waals surface area contributed by atoms with Crippen LogP contribution in [0.1, 0.15) is 25.7 Å². The van der Waals surface area contributed by atoms with Crippen LogP contribution >= 0.6 is 0 Å². The number of amides is 4. The van der Waals surface area contributed by atoms with E-state index in [1.807, 2.05) is 0 Å². The van der Waals surface area contributed by atoms with Gasteiger partial charge in [0.05, 0.1) is 6.54 Å². The van der Waals surface area contributed by atoms with Crippen LogP contribution in [0.25, 0.3) is 0 Å². The van der Waals surface area contributed by atoms with E-state index < -0.39 is 6.09 Å². The molecule has 1 aliphatic rings. The van der Waals surface area contributed by atoms with E-state index >= 15 is 0 Å². The Morgan fingerprint density at radius 2 is 1.83 bits per heavy atom. The first-order chi connectivity index (χ1) is 11.0. The van der Waals surface area contributed by atoms with Crippen LogP contribution in [0, 0.1) is 0 Å². The van der Waals surface area contributed by atoms with Crippen molar-refractivity contribution in [2.24, 2.45) is 0 Å². The van der Waals surface area contributed by atoms with Gasteiger partial charge in [0.15, 0.2) is 0 Å². The van der Waals surface area contributed by atoms with E-state index in [1.165, 1.54) is 29.0 Å². The van der Waals surface area contributed by atoms with Gasteiger partial charge in [-0.25, -0.2) is 4.79 Å². The molecule has 1 heterocycles. The Labute approximate surface area is 135 Å². The van der Waals surface area contributed by atoms with Crippen molar-refractivity contribution < 1.29 is 23.9 Å². The van der Waals surface area contributed by atoms with Crippen LogP contribution in [0.4, 0.5) is 4.79 Å². The topological polar surface area (TPSA) is 96.0 Å². The molecule has 0 bridgehead atoms. The lowest BCUT2D eigenvalue weighted by Gasteiger charge is -2.17. The third kappa shape index (κ3) is 6.50. The lowest BCUT2D eigenvalue weighted by Crippen LogP contribution is -2.32. The van der Waals surface area contributed by atoms with E-state index in [0.29, 0.717) is 32.4 Å². The van der Waals surface area contributed by atoms with Gasteiger partial charge in [-0.15, -0.1) is 0 Å². The van der Waals surface area contributed by atoms with Crippen LogP contribution in [0.3, 0.4) is 0 Å². The Morgan fingerprint density at radius 3 is 2.43 bits per heavy atom. The van der Waals surface area contributed by atoms with E-state index in [0.717, 1.165) is 6.42 Å². The molecule has 1 N–H and O–H groups in total. The summed E-state index contributed by atoms with van der Waals surface area (Å²) in [4.78, 5) is 48.1. The second-order valence-corrected chi connectivity index (χ2v) is 5.17. The molecule has 0 fully saturated rings. The van der Waals surface area contributed by atoms with Crippen LogP contribution in [0.15, 0.2) is 12.2 Å². The molecule has 0 aromatic heterocycles. The van der Waals surface area contributed by atoms with Crippen molar-refractivity contribution in [1.82, 2.24) is 15.1 Å². The lowest BCUT2D eigenvalue weighted by molar-refractivity contribution is -0.137. The predicted octanol–water partition coefficient (Wildman–Crippen LogP) is 0.286. The summed E-state index contributed by atoms with van der Waals surface area (Å²) in [6, 6.07) is 0. The standard InChI is InChI=1S/C15H23N3O5/c1-16-15(22)23-11-10-17(2)12(19)6-4-3-5-9-18-13(20)7-8-14(18)21/h7-8H,3-6,9-11H2,1-2H3,(H,16,22). The summed E-state index contributed by atoms with van der Waals surface area (Å²) >= 11 is 0. The van der Waals surface area contributed by atoms with Gasteiger partial charge in [-0.1, -0.05) is 6.42 Å². The highest BCUT2D eigenvalue weighted by molar-refractivity contribution is 6.12. The molecule has 0 saturated heterocycles. The number of hydrogen-bond donors (Lipinski definition) is 1. The maximum absolute atomic E-state index is 11.9. The second-order valence-electron chi connectivity index (χ2n) is 5.17. The van der Waals surface area contributed by atoms with Gasteiger partial charge in [-0.2, -0.15) is 0 Å². The Morgan fingerprint density at radius 1 is 1.17 bits per heavy atom. The molecule has 0 radical (unpaired) electrons. The van der Waals surface area contributed by atoms with Gasteiger partial charge in [0.1, 0.15) is 6.61 Å². The monoisotopic (exact) mass is 325 g/mol. The summed E-state index contributed by atoms with van der Waals surface area (Å²) in [5, 5.41) is 2.32. The quantitative estimate of drug-likeness (QED) is 0.485. The zero-order valence-corrected chi connectivity index (χ0v) is 13.5. The molecular weight excluding hydrogens is 302 g/mol. The first kappa shape index (κ1) is 18.7. The molecular formula is C15H23N3O5. The normalized spacial score (nSPS) is 13.4. The molecule has 0 atom stereocenters. The van der Waals surface area contributed by atoms with Crippen molar-refractivity contribution in [2.75, 3.05) is 33.8 Å². The van der Waals surface area contributed by atoms with Crippen LogP contribution in [-0.2, 0) is 19.1 Å². The minimum absolute atomic E-state index is 0.0273. The minimum atomic E-state index is -0.522. The number of hydrogen-bond acceptors (Lipinski definition) is 5. The summed E-state index contributed by atoms with van der Waals surface area (Å²) in [5.74, 6) is -0.579. The Bertz CT molecular complexity index is 472. The smallest absolute Gasteiger partial charge is 0.406 e. The predicted molar refractivity (Wildman–Crippen MR) is 82.4 cm³/mol. The van der Waals surface area contributed by atoms with E-state index in [2.05, 4.69) is 5.32 Å². The van der Waals surface area contributed by atoms with E-state index in [4.69, 9.17) is 4.74 Å². The van der Waals surface area contributed by atoms with Crippen LogP contribution in [0.5, 0.6) is 0 Å². The maximum atomic E-state index is 11.9. The number of alkyl carbamates (subject to hydrolysis) is 1. The molecule has 4 amide bonds. The molecule has 0 unspecified atom stereocenters. The molecule has 0 aliphatic carbocycles. The van der Waals surface area contributed by atoms with E-state index in [1.54, 1.807) is 7.05 Å². The van der Waals surface area contributed by atoms with E-state index in [9.17, 15) is 19.2 Å². The Hall–Kier alpha value is -2.38. The number of carbonyl (C=O) groups excluding carboxylic acids is 4. The minimum Gasteiger partial charge on any atom is -0.448 e. The summed E-state index contributed by atoms with van der Waals surface area (Å²) in [7, 11) is 3.12. The van der Waals surface area contributed by atoms with Gasteiger partial charge in [-0.05, 0) is 12.8 Å². The van der Waals surface area contributed by atoms with Gasteiger partial charge in [0.25, 0.3) is 11.8 Å². The van der Waals surface area contributed by atoms with Crippen molar-refractivity contribution in [3.05, 3.63) is 12.2 Å². The molecule has 0 spiro atoms. The number of likely N-dealkylation sites (N-methyl/N-ethyl adjacent to an activating group) is 1. The molecule has 128 valence electrons. The fraction of sp³-hybridized carbons (Fsp3) is 0.600. The fourth-order valence-electron chi connectivity index (χ4n) is 2.04. The van der Waals surface area contributed by atoms with Gasteiger partial charge < -0.3 is 15.0 Å². The first-order valence-electron chi connectivity index (χ1n) is 7.57. The van der Waals surface area contributed by atoms with Crippen molar-refractivity contribution in [1.29, 1.82) is 0 Å². The number of nitrogens with zero attached hydrogens (tertiary/aromatic N) is 2. The van der Waals surface area contributed by atoms with Crippen molar-refractivity contribution in [2.45, 2.75) is 25.7 Å². The average Bonchev–Trinajstić information content (AvgIpc) is 2.85. The number of ether oxygens (including phenoxy) is 1. The highest BCUT2D eigenvalue weighted by Crippen LogP contribution is 2.08. The first-order valence-corrected chi connectivity index (χ1v) is 7.57. The lowest BCUT2D eigenvalue weighted by atomic mass is 10.1. The van der Waals surface area contributed by atoms with Crippen LogP contribution < -0.4 is 5.32 Å². The molecule has 23 heavy (non-hydrogen) atoms. The molecule has 8 nitrogen and oxygen atoms in total. The summed E-state index contributed by atoms with van der Waals surface area (Å²) in [5.41, 5.74) is 0. The fourth-order valence-corrected chi connectivity index (χ4v) is 2.04. The third-order valence-electron chi connectivity index (χ3n) is 3.46. The number of carbonyl (C=O) groups is 4. The Kier molecular flexibility index (Phi) is 7.79. The highest BCUT2D eigenvalue weighted by atomic mass is 16.5. The number of imide groups is 1. The molecule has 0 aromatic rings. The number of rotatable bonds is 9. The summed E-state index contributed by atoms with van der Waals surface area (Å²) in [6.45, 7) is 0.872. The maximum Gasteiger partial charge on any atom is 0.406 e. The Balaban J connectivity index is 2.08. The van der Waals surface area contributed by atoms with Crippen molar-refractivity contribution in [3.63, 3.8) is 0 Å². The van der Waals surface area contributed by atoms with Gasteiger partial charge in [0.2, 0.25) is 5.91 Å². The number of unbranched alkanes of at least 4 members (excludes halogenated alkanes) is 2. The largest absolute Gasteiger partial charge is 0.448 e. The van der Waals surface area contributed by atoms with Gasteiger partial charge in [0, 0.05) is 39.2 Å². The summed E-state index contributed by atoms with van der Waals surface area (Å²) < 4.78 is 4.81. The average molecular weight is 325 g/mol. The third-order valence-corrected chi connectivity index (χ3v) is 3.46. The highest BCUT2D eigenvalue weighted by Gasteiger charge is 2.22. The molecule has 8 heteroatoms. The van der Waals surface area contributed by atoms with Crippen LogP contribution in [0.2, 0.25) is 0 Å². The van der Waals surface area contributed by atoms with Crippen molar-refractivity contribution in [3.8, 4) is 0 Å². The number of nitrogens with one attached hydrogen (secondary N) is 1. The van der Waals surface area contributed by atoms with E-state index in [-0.39, 0.29) is 24.3 Å². The van der Waals surface area contributed by atoms with Gasteiger partial charge >= 0.3 is 6.09 Å². The summed E-state index contributed by atoms with van der Waals surface area (Å²) in [6.07, 6.45) is 4.51. The second kappa shape index (κ2) is 9.60. The van der Waals surface area contributed by atoms with Crippen molar-refractivity contribution >= 4 is 23.8 Å². The molecule has 1 aliphatic heterocycles. The molecule has 0 saturated carbocycles. The SMILES string of the molecule is CNC(=O)OCCN(C)C(=O)CCCCCN1C(=O)C=CC1=O.